The molecule has 122 valence electrons. The van der Waals surface area contributed by atoms with Gasteiger partial charge in [-0.1, -0.05) is 23.8 Å². The van der Waals surface area contributed by atoms with Gasteiger partial charge < -0.3 is 25.2 Å². The maximum atomic E-state index is 10.6. The van der Waals surface area contributed by atoms with E-state index in [-0.39, 0.29) is 29.6 Å². The summed E-state index contributed by atoms with van der Waals surface area (Å²) < 4.78 is 5.19. The van der Waals surface area contributed by atoms with Gasteiger partial charge in [0.25, 0.3) is 0 Å². The molecule has 5 heteroatoms. The Hall–Kier alpha value is -2.66. The highest BCUT2D eigenvalue weighted by Gasteiger charge is 2.18. The molecule has 2 aromatic carbocycles. The van der Waals surface area contributed by atoms with Crippen molar-refractivity contribution in [3.8, 4) is 34.1 Å². The fraction of sp³-hybridized carbons (Fsp3) is 0.222. The molecule has 0 aliphatic carbocycles. The minimum absolute atomic E-state index is 0.00710. The molecular formula is C18H20O5. The third-order valence-electron chi connectivity index (χ3n) is 3.62. The molecule has 0 aromatic heterocycles. The van der Waals surface area contributed by atoms with Crippen molar-refractivity contribution in [2.75, 3.05) is 13.7 Å². The Labute approximate surface area is 134 Å². The fourth-order valence-electron chi connectivity index (χ4n) is 2.31. The number of ether oxygens (including phenoxy) is 1. The molecule has 0 fully saturated rings. The first-order valence-electron chi connectivity index (χ1n) is 7.15. The lowest BCUT2D eigenvalue weighted by atomic mass is 9.97. The van der Waals surface area contributed by atoms with Gasteiger partial charge in [0.1, 0.15) is 11.5 Å². The molecule has 0 radical (unpaired) electrons. The number of aromatic hydroxyl groups is 3. The first-order chi connectivity index (χ1) is 11.0. The van der Waals surface area contributed by atoms with Gasteiger partial charge in [-0.05, 0) is 37.1 Å². The van der Waals surface area contributed by atoms with Crippen LogP contribution in [0, 0.1) is 0 Å². The number of phenols is 3. The Morgan fingerprint density at radius 2 is 1.78 bits per heavy atom. The van der Waals surface area contributed by atoms with E-state index < -0.39 is 0 Å². The topological polar surface area (TPSA) is 90.2 Å². The summed E-state index contributed by atoms with van der Waals surface area (Å²) >= 11 is 0. The van der Waals surface area contributed by atoms with Gasteiger partial charge in [0.15, 0.2) is 11.5 Å². The van der Waals surface area contributed by atoms with Crippen molar-refractivity contribution in [1.82, 2.24) is 0 Å². The van der Waals surface area contributed by atoms with Crippen LogP contribution in [0.2, 0.25) is 0 Å². The molecule has 0 atom stereocenters. The monoisotopic (exact) mass is 316 g/mol. The summed E-state index contributed by atoms with van der Waals surface area (Å²) in [6, 6.07) is 7.73. The summed E-state index contributed by atoms with van der Waals surface area (Å²) in [6.07, 6.45) is 2.07. The molecule has 0 aliphatic rings. The van der Waals surface area contributed by atoms with Crippen molar-refractivity contribution in [2.24, 2.45) is 0 Å². The molecule has 0 spiro atoms. The van der Waals surface area contributed by atoms with Gasteiger partial charge >= 0.3 is 0 Å². The lowest BCUT2D eigenvalue weighted by Crippen LogP contribution is -1.96. The van der Waals surface area contributed by atoms with E-state index in [0.29, 0.717) is 23.1 Å². The average molecular weight is 316 g/mol. The van der Waals surface area contributed by atoms with E-state index >= 15 is 0 Å². The Kier molecular flexibility index (Phi) is 5.13. The van der Waals surface area contributed by atoms with Gasteiger partial charge in [0, 0.05) is 11.1 Å². The predicted octanol–water partition coefficient (Wildman–Crippen LogP) is 2.96. The summed E-state index contributed by atoms with van der Waals surface area (Å²) in [6.45, 7) is 1.69. The minimum atomic E-state index is -0.0848. The zero-order valence-corrected chi connectivity index (χ0v) is 13.1. The molecule has 0 bridgehead atoms. The smallest absolute Gasteiger partial charge is 0.167 e. The van der Waals surface area contributed by atoms with Gasteiger partial charge in [0.2, 0.25) is 0 Å². The van der Waals surface area contributed by atoms with Gasteiger partial charge in [-0.25, -0.2) is 0 Å². The number of phenolic OH excluding ortho intramolecular Hbond substituents is 3. The van der Waals surface area contributed by atoms with Crippen LogP contribution >= 0.6 is 0 Å². The van der Waals surface area contributed by atoms with Crippen LogP contribution in [0.25, 0.3) is 11.1 Å². The van der Waals surface area contributed by atoms with Gasteiger partial charge in [-0.3, -0.25) is 0 Å². The number of rotatable bonds is 5. The van der Waals surface area contributed by atoms with Crippen LogP contribution in [0.15, 0.2) is 42.0 Å². The quantitative estimate of drug-likeness (QED) is 0.503. The first-order valence-corrected chi connectivity index (χ1v) is 7.15. The minimum Gasteiger partial charge on any atom is -0.508 e. The predicted molar refractivity (Wildman–Crippen MR) is 88.0 cm³/mol. The summed E-state index contributed by atoms with van der Waals surface area (Å²) in [4.78, 5) is 0. The Morgan fingerprint density at radius 1 is 1.13 bits per heavy atom. The zero-order valence-electron chi connectivity index (χ0n) is 13.1. The molecule has 4 N–H and O–H groups in total. The van der Waals surface area contributed by atoms with Crippen LogP contribution < -0.4 is 4.74 Å². The second-order valence-corrected chi connectivity index (χ2v) is 5.26. The van der Waals surface area contributed by atoms with Crippen LogP contribution in [0.5, 0.6) is 23.0 Å². The standard InChI is InChI=1S/C18H20O5/c1-11(10-19)3-8-14-17(22)15(9-16(21)18(14)23-2)12-4-6-13(20)7-5-12/h3-7,9,19-22H,8,10H2,1-2H3/b11-3+. The number of hydrogen-bond acceptors (Lipinski definition) is 5. The van der Waals surface area contributed by atoms with Crippen molar-refractivity contribution < 1.29 is 25.2 Å². The second kappa shape index (κ2) is 7.07. The van der Waals surface area contributed by atoms with E-state index in [1.54, 1.807) is 25.1 Å². The third kappa shape index (κ3) is 3.57. The van der Waals surface area contributed by atoms with Crippen molar-refractivity contribution in [3.05, 3.63) is 47.5 Å². The van der Waals surface area contributed by atoms with Crippen molar-refractivity contribution >= 4 is 0 Å². The van der Waals surface area contributed by atoms with E-state index in [1.165, 1.54) is 25.3 Å². The van der Waals surface area contributed by atoms with E-state index in [2.05, 4.69) is 0 Å². The molecule has 0 unspecified atom stereocenters. The molecular weight excluding hydrogens is 296 g/mol. The molecule has 0 aliphatic heterocycles. The molecule has 5 nitrogen and oxygen atoms in total. The van der Waals surface area contributed by atoms with E-state index in [9.17, 15) is 15.3 Å². The molecule has 23 heavy (non-hydrogen) atoms. The lowest BCUT2D eigenvalue weighted by Gasteiger charge is -2.15. The fourth-order valence-corrected chi connectivity index (χ4v) is 2.31. The average Bonchev–Trinajstić information content (AvgIpc) is 2.55. The molecule has 0 amide bonds. The summed E-state index contributed by atoms with van der Waals surface area (Å²) in [5.74, 6) is 0.227. The molecule has 2 aromatic rings. The Bertz CT molecular complexity index is 717. The van der Waals surface area contributed by atoms with Crippen LogP contribution in [0.4, 0.5) is 0 Å². The maximum absolute atomic E-state index is 10.6. The SMILES string of the molecule is COc1c(O)cc(-c2ccc(O)cc2)c(O)c1C/C=C(\C)CO. The first kappa shape index (κ1) is 16.7. The zero-order chi connectivity index (χ0) is 17.0. The van der Waals surface area contributed by atoms with Gasteiger partial charge in [-0.2, -0.15) is 0 Å². The Balaban J connectivity index is 2.57. The van der Waals surface area contributed by atoms with Crippen LogP contribution in [0.1, 0.15) is 12.5 Å². The van der Waals surface area contributed by atoms with Gasteiger partial charge in [0.05, 0.1) is 13.7 Å². The van der Waals surface area contributed by atoms with E-state index in [0.717, 1.165) is 5.57 Å². The van der Waals surface area contributed by atoms with Crippen LogP contribution in [-0.4, -0.2) is 34.1 Å². The highest BCUT2D eigenvalue weighted by atomic mass is 16.5. The largest absolute Gasteiger partial charge is 0.508 e. The molecule has 2 rings (SSSR count). The number of allylic oxidation sites excluding steroid dienone is 1. The van der Waals surface area contributed by atoms with Crippen molar-refractivity contribution in [1.29, 1.82) is 0 Å². The Morgan fingerprint density at radius 3 is 2.35 bits per heavy atom. The molecule has 0 saturated heterocycles. The van der Waals surface area contributed by atoms with Crippen LogP contribution in [0.3, 0.4) is 0 Å². The lowest BCUT2D eigenvalue weighted by molar-refractivity contribution is 0.331. The van der Waals surface area contributed by atoms with Crippen LogP contribution in [-0.2, 0) is 6.42 Å². The number of methoxy groups -OCH3 is 1. The number of hydrogen-bond donors (Lipinski definition) is 4. The molecule has 0 saturated carbocycles. The van der Waals surface area contributed by atoms with Crippen molar-refractivity contribution in [3.63, 3.8) is 0 Å². The second-order valence-electron chi connectivity index (χ2n) is 5.26. The maximum Gasteiger partial charge on any atom is 0.167 e. The van der Waals surface area contributed by atoms with Gasteiger partial charge in [-0.15, -0.1) is 0 Å². The number of aliphatic hydroxyl groups is 1. The normalized spacial score (nSPS) is 11.5. The highest BCUT2D eigenvalue weighted by molar-refractivity contribution is 5.77. The van der Waals surface area contributed by atoms with E-state index in [4.69, 9.17) is 9.84 Å². The van der Waals surface area contributed by atoms with Crippen molar-refractivity contribution in [2.45, 2.75) is 13.3 Å². The number of aliphatic hydroxyl groups excluding tert-OH is 1. The highest BCUT2D eigenvalue weighted by Crippen LogP contribution is 2.44. The third-order valence-corrected chi connectivity index (χ3v) is 3.62. The summed E-state index contributed by atoms with van der Waals surface area (Å²) in [5.41, 5.74) is 2.28. The summed E-state index contributed by atoms with van der Waals surface area (Å²) in [7, 11) is 1.42. The summed E-state index contributed by atoms with van der Waals surface area (Å²) in [5, 5.41) is 39.2. The number of benzene rings is 2. The molecule has 0 heterocycles. The van der Waals surface area contributed by atoms with E-state index in [1.807, 2.05) is 0 Å².